The van der Waals surface area contributed by atoms with Crippen LogP contribution in [0.5, 0.6) is 0 Å². The molecule has 1 atom stereocenters. The summed E-state index contributed by atoms with van der Waals surface area (Å²) in [5.74, 6) is -0.344. The van der Waals surface area contributed by atoms with E-state index in [-0.39, 0.29) is 24.1 Å². The van der Waals surface area contributed by atoms with Crippen molar-refractivity contribution in [1.82, 2.24) is 15.1 Å². The first-order valence-corrected chi connectivity index (χ1v) is 8.86. The SMILES string of the molecule is CC(O)c1nn(CC(=O)N[C@H]2C[C@@](C)(O)C2)c(=O)c2ccc(Br)cc12. The molecule has 1 amide bonds. The zero-order chi connectivity index (χ0) is 18.4. The molecule has 7 nitrogen and oxygen atoms in total. The molecule has 1 aliphatic carbocycles. The number of amides is 1. The third-order valence-electron chi connectivity index (χ3n) is 4.38. The average Bonchev–Trinajstić information content (AvgIpc) is 2.47. The van der Waals surface area contributed by atoms with Gasteiger partial charge in [0.1, 0.15) is 6.54 Å². The standard InChI is InChI=1S/C17H20BrN3O4/c1-9(22)15-13-5-10(18)3-4-12(13)16(24)21(20-15)8-14(23)19-11-6-17(2,25)7-11/h3-5,9,11,22,25H,6-8H2,1-2H3,(H,19,23)/t9?,11-,17+. The van der Waals surface area contributed by atoms with Gasteiger partial charge in [-0.3, -0.25) is 9.59 Å². The van der Waals surface area contributed by atoms with Crippen LogP contribution in [-0.2, 0) is 11.3 Å². The van der Waals surface area contributed by atoms with E-state index in [9.17, 15) is 19.8 Å². The molecule has 8 heteroatoms. The van der Waals surface area contributed by atoms with Gasteiger partial charge in [-0.25, -0.2) is 4.68 Å². The van der Waals surface area contributed by atoms with E-state index in [2.05, 4.69) is 26.3 Å². The van der Waals surface area contributed by atoms with Crippen LogP contribution in [0.15, 0.2) is 27.5 Å². The molecule has 0 spiro atoms. The Labute approximate surface area is 152 Å². The van der Waals surface area contributed by atoms with Crippen LogP contribution in [0.25, 0.3) is 10.8 Å². The fourth-order valence-electron chi connectivity index (χ4n) is 3.21. The number of benzene rings is 1. The van der Waals surface area contributed by atoms with Crippen molar-refractivity contribution in [3.8, 4) is 0 Å². The van der Waals surface area contributed by atoms with Crippen LogP contribution in [-0.4, -0.2) is 37.5 Å². The molecular formula is C17H20BrN3O4. The predicted octanol–water partition coefficient (Wildman–Crippen LogP) is 1.24. The third kappa shape index (κ3) is 3.75. The van der Waals surface area contributed by atoms with Crippen LogP contribution in [0.4, 0.5) is 0 Å². The first-order valence-electron chi connectivity index (χ1n) is 8.06. The van der Waals surface area contributed by atoms with E-state index < -0.39 is 11.7 Å². The summed E-state index contributed by atoms with van der Waals surface area (Å²) in [6.07, 6.45) is 0.103. The monoisotopic (exact) mass is 409 g/mol. The summed E-state index contributed by atoms with van der Waals surface area (Å²) in [4.78, 5) is 24.8. The number of carbonyl (C=O) groups is 1. The highest BCUT2D eigenvalue weighted by molar-refractivity contribution is 9.10. The number of fused-ring (bicyclic) bond motifs is 1. The average molecular weight is 410 g/mol. The Balaban J connectivity index is 1.89. The van der Waals surface area contributed by atoms with E-state index in [1.807, 2.05) is 0 Å². The molecule has 1 aromatic carbocycles. The molecular weight excluding hydrogens is 390 g/mol. The molecule has 0 radical (unpaired) electrons. The van der Waals surface area contributed by atoms with E-state index in [1.165, 1.54) is 0 Å². The van der Waals surface area contributed by atoms with Gasteiger partial charge in [0.25, 0.3) is 5.56 Å². The summed E-state index contributed by atoms with van der Waals surface area (Å²) in [7, 11) is 0. The van der Waals surface area contributed by atoms with E-state index in [4.69, 9.17) is 0 Å². The quantitative estimate of drug-likeness (QED) is 0.704. The number of carbonyl (C=O) groups excluding carboxylic acids is 1. The first-order chi connectivity index (χ1) is 11.7. The summed E-state index contributed by atoms with van der Waals surface area (Å²) >= 11 is 3.35. The number of aliphatic hydroxyl groups is 2. The van der Waals surface area contributed by atoms with Crippen LogP contribution < -0.4 is 10.9 Å². The van der Waals surface area contributed by atoms with E-state index in [1.54, 1.807) is 32.0 Å². The molecule has 0 bridgehead atoms. The lowest BCUT2D eigenvalue weighted by Gasteiger charge is -2.41. The molecule has 25 heavy (non-hydrogen) atoms. The maximum atomic E-state index is 12.6. The Morgan fingerprint density at radius 1 is 1.48 bits per heavy atom. The van der Waals surface area contributed by atoms with Crippen molar-refractivity contribution in [3.63, 3.8) is 0 Å². The molecule has 1 fully saturated rings. The largest absolute Gasteiger partial charge is 0.390 e. The number of hydrogen-bond acceptors (Lipinski definition) is 5. The molecule has 0 saturated heterocycles. The molecule has 1 saturated carbocycles. The number of halogens is 1. The Morgan fingerprint density at radius 3 is 2.76 bits per heavy atom. The minimum Gasteiger partial charge on any atom is -0.390 e. The smallest absolute Gasteiger partial charge is 0.275 e. The minimum absolute atomic E-state index is 0.0918. The van der Waals surface area contributed by atoms with Crippen LogP contribution in [0.3, 0.4) is 0 Å². The zero-order valence-corrected chi connectivity index (χ0v) is 15.6. The lowest BCUT2D eigenvalue weighted by atomic mass is 9.77. The van der Waals surface area contributed by atoms with Gasteiger partial charge >= 0.3 is 0 Å². The molecule has 1 aromatic heterocycles. The van der Waals surface area contributed by atoms with Gasteiger partial charge < -0.3 is 15.5 Å². The van der Waals surface area contributed by atoms with Crippen molar-refractivity contribution in [1.29, 1.82) is 0 Å². The minimum atomic E-state index is -0.881. The van der Waals surface area contributed by atoms with Gasteiger partial charge in [0.15, 0.2) is 0 Å². The Morgan fingerprint density at radius 2 is 2.16 bits per heavy atom. The van der Waals surface area contributed by atoms with Crippen molar-refractivity contribution >= 4 is 32.6 Å². The van der Waals surface area contributed by atoms with E-state index in [0.29, 0.717) is 29.3 Å². The molecule has 1 heterocycles. The van der Waals surface area contributed by atoms with Crippen molar-refractivity contribution < 1.29 is 15.0 Å². The summed E-state index contributed by atoms with van der Waals surface area (Å²) in [6.45, 7) is 3.05. The molecule has 3 N–H and O–H groups in total. The number of aromatic nitrogens is 2. The number of nitrogens with one attached hydrogen (secondary N) is 1. The van der Waals surface area contributed by atoms with Crippen molar-refractivity contribution in [2.45, 2.75) is 51.0 Å². The molecule has 1 unspecified atom stereocenters. The Kier molecular flexibility index (Phi) is 4.70. The van der Waals surface area contributed by atoms with Crippen molar-refractivity contribution in [2.75, 3.05) is 0 Å². The molecule has 2 aromatic rings. The lowest BCUT2D eigenvalue weighted by Crippen LogP contribution is -2.54. The summed E-state index contributed by atoms with van der Waals surface area (Å²) in [5.41, 5.74) is -0.777. The Bertz CT molecular complexity index is 883. The molecule has 0 aliphatic heterocycles. The van der Waals surface area contributed by atoms with Crippen LogP contribution >= 0.6 is 15.9 Å². The van der Waals surface area contributed by atoms with Crippen LogP contribution in [0.2, 0.25) is 0 Å². The number of rotatable bonds is 4. The summed E-state index contributed by atoms with van der Waals surface area (Å²) in [5, 5.41) is 27.6. The highest BCUT2D eigenvalue weighted by Gasteiger charge is 2.39. The topological polar surface area (TPSA) is 104 Å². The second-order valence-corrected chi connectivity index (χ2v) is 7.80. The van der Waals surface area contributed by atoms with Crippen molar-refractivity contribution in [3.05, 3.63) is 38.7 Å². The van der Waals surface area contributed by atoms with Crippen molar-refractivity contribution in [2.24, 2.45) is 0 Å². The number of aliphatic hydroxyl groups excluding tert-OH is 1. The summed E-state index contributed by atoms with van der Waals surface area (Å²) in [6, 6.07) is 5.02. The fourth-order valence-corrected chi connectivity index (χ4v) is 3.57. The maximum Gasteiger partial charge on any atom is 0.275 e. The first kappa shape index (κ1) is 18.0. The predicted molar refractivity (Wildman–Crippen MR) is 96.1 cm³/mol. The highest BCUT2D eigenvalue weighted by atomic mass is 79.9. The molecule has 134 valence electrons. The summed E-state index contributed by atoms with van der Waals surface area (Å²) < 4.78 is 1.85. The van der Waals surface area contributed by atoms with Crippen LogP contribution in [0, 0.1) is 0 Å². The fraction of sp³-hybridized carbons (Fsp3) is 0.471. The van der Waals surface area contributed by atoms with Gasteiger partial charge in [-0.1, -0.05) is 15.9 Å². The lowest BCUT2D eigenvalue weighted by molar-refractivity contribution is -0.125. The number of nitrogens with zero attached hydrogens (tertiary/aromatic N) is 2. The second kappa shape index (κ2) is 6.51. The van der Waals surface area contributed by atoms with Gasteiger partial charge in [0, 0.05) is 15.9 Å². The third-order valence-corrected chi connectivity index (χ3v) is 4.87. The highest BCUT2D eigenvalue weighted by Crippen LogP contribution is 2.31. The van der Waals surface area contributed by atoms with E-state index in [0.717, 1.165) is 9.15 Å². The van der Waals surface area contributed by atoms with Gasteiger partial charge in [-0.15, -0.1) is 0 Å². The van der Waals surface area contributed by atoms with Gasteiger partial charge in [-0.2, -0.15) is 5.10 Å². The van der Waals surface area contributed by atoms with Gasteiger partial charge in [0.05, 0.1) is 22.8 Å². The second-order valence-electron chi connectivity index (χ2n) is 6.88. The number of hydrogen-bond donors (Lipinski definition) is 3. The Hall–Kier alpha value is -1.77. The van der Waals surface area contributed by atoms with Crippen LogP contribution in [0.1, 0.15) is 38.5 Å². The van der Waals surface area contributed by atoms with Gasteiger partial charge in [0.2, 0.25) is 5.91 Å². The molecule has 1 aliphatic rings. The molecule has 3 rings (SSSR count). The normalized spacial score (nSPS) is 24.0. The van der Waals surface area contributed by atoms with Gasteiger partial charge in [-0.05, 0) is 44.9 Å². The maximum absolute atomic E-state index is 12.6. The zero-order valence-electron chi connectivity index (χ0n) is 14.0. The van der Waals surface area contributed by atoms with E-state index >= 15 is 0 Å².